The van der Waals surface area contributed by atoms with Crippen LogP contribution in [0.5, 0.6) is 0 Å². The highest BCUT2D eigenvalue weighted by Crippen LogP contribution is 2.33. The van der Waals surface area contributed by atoms with E-state index in [9.17, 15) is 4.79 Å². The lowest BCUT2D eigenvalue weighted by atomic mass is 9.88. The van der Waals surface area contributed by atoms with Crippen molar-refractivity contribution in [2.45, 2.75) is 24.8 Å². The fraction of sp³-hybridized carbons (Fsp3) is 0.316. The van der Waals surface area contributed by atoms with Gasteiger partial charge in [-0.25, -0.2) is 0 Å². The zero-order chi connectivity index (χ0) is 15.4. The predicted octanol–water partition coefficient (Wildman–Crippen LogP) is 4.06. The van der Waals surface area contributed by atoms with Crippen LogP contribution in [0.25, 0.3) is 0 Å². The Morgan fingerprint density at radius 3 is 2.05 bits per heavy atom. The van der Waals surface area contributed by atoms with Crippen LogP contribution >= 0.6 is 12.6 Å². The third-order valence-electron chi connectivity index (χ3n) is 4.51. The number of nitrogens with zero attached hydrogens (tertiary/aromatic N) is 1. The third kappa shape index (κ3) is 3.42. The van der Waals surface area contributed by atoms with Gasteiger partial charge in [0.2, 0.25) is 5.12 Å². The first kappa shape index (κ1) is 15.3. The molecule has 3 heteroatoms. The fourth-order valence-corrected chi connectivity index (χ4v) is 3.67. The van der Waals surface area contributed by atoms with E-state index in [1.54, 1.807) is 0 Å². The quantitative estimate of drug-likeness (QED) is 0.859. The number of hydrogen-bond donors (Lipinski definition) is 1. The van der Waals surface area contributed by atoms with Crippen molar-refractivity contribution in [3.8, 4) is 0 Å². The van der Waals surface area contributed by atoms with Crippen molar-refractivity contribution in [2.24, 2.45) is 0 Å². The summed E-state index contributed by atoms with van der Waals surface area (Å²) >= 11 is 4.13. The van der Waals surface area contributed by atoms with Crippen LogP contribution in [-0.2, 0) is 4.79 Å². The van der Waals surface area contributed by atoms with Crippen LogP contribution in [-0.4, -0.2) is 23.1 Å². The highest BCUT2D eigenvalue weighted by Gasteiger charge is 2.29. The number of carbonyl (C=O) groups is 1. The molecule has 1 heterocycles. The highest BCUT2D eigenvalue weighted by atomic mass is 32.1. The lowest BCUT2D eigenvalue weighted by Crippen LogP contribution is -2.38. The van der Waals surface area contributed by atoms with Gasteiger partial charge in [-0.1, -0.05) is 60.7 Å². The van der Waals surface area contributed by atoms with E-state index in [1.165, 1.54) is 5.56 Å². The Kier molecular flexibility index (Phi) is 4.96. The Morgan fingerprint density at radius 1 is 0.955 bits per heavy atom. The topological polar surface area (TPSA) is 20.3 Å². The van der Waals surface area contributed by atoms with Gasteiger partial charge >= 0.3 is 0 Å². The van der Waals surface area contributed by atoms with Gasteiger partial charge in [-0.3, -0.25) is 9.69 Å². The second kappa shape index (κ2) is 7.12. The first-order valence-electron chi connectivity index (χ1n) is 7.82. The van der Waals surface area contributed by atoms with E-state index in [2.05, 4.69) is 47.9 Å². The van der Waals surface area contributed by atoms with Gasteiger partial charge in [0.1, 0.15) is 6.04 Å². The van der Waals surface area contributed by atoms with Crippen LogP contribution in [0.1, 0.15) is 35.9 Å². The molecule has 2 nitrogen and oxygen atoms in total. The molecule has 114 valence electrons. The molecule has 2 aromatic rings. The molecule has 1 aliphatic rings. The SMILES string of the molecule is O=C(S)[C@@H](c1ccccc1)N1CCC(c2ccccc2)CC1. The maximum atomic E-state index is 12.0. The smallest absolute Gasteiger partial charge is 0.207 e. The molecule has 2 aromatic carbocycles. The Labute approximate surface area is 137 Å². The highest BCUT2D eigenvalue weighted by molar-refractivity contribution is 7.96. The van der Waals surface area contributed by atoms with Gasteiger partial charge in [0, 0.05) is 0 Å². The molecule has 3 rings (SSSR count). The van der Waals surface area contributed by atoms with Gasteiger partial charge < -0.3 is 0 Å². The maximum Gasteiger partial charge on any atom is 0.207 e. The molecule has 1 aliphatic heterocycles. The lowest BCUT2D eigenvalue weighted by molar-refractivity contribution is -0.116. The lowest BCUT2D eigenvalue weighted by Gasteiger charge is -2.36. The van der Waals surface area contributed by atoms with Crippen molar-refractivity contribution in [1.82, 2.24) is 4.90 Å². The summed E-state index contributed by atoms with van der Waals surface area (Å²) in [5.74, 6) is 0.601. The van der Waals surface area contributed by atoms with Crippen LogP contribution in [0.3, 0.4) is 0 Å². The second-order valence-electron chi connectivity index (χ2n) is 5.87. The largest absolute Gasteiger partial charge is 0.289 e. The predicted molar refractivity (Wildman–Crippen MR) is 93.2 cm³/mol. The number of rotatable bonds is 4. The monoisotopic (exact) mass is 311 g/mol. The zero-order valence-electron chi connectivity index (χ0n) is 12.6. The van der Waals surface area contributed by atoms with Crippen molar-refractivity contribution < 1.29 is 4.79 Å². The standard InChI is InChI=1S/C19H21NOS/c21-19(22)18(17-9-5-2-6-10-17)20-13-11-16(12-14-20)15-7-3-1-4-8-15/h1-10,16,18H,11-14H2,(H,21,22)/t18-/m1/s1. The Balaban J connectivity index is 1.70. The second-order valence-corrected chi connectivity index (χ2v) is 6.31. The number of piperidine rings is 1. The summed E-state index contributed by atoms with van der Waals surface area (Å²) in [4.78, 5) is 14.3. The summed E-state index contributed by atoms with van der Waals surface area (Å²) in [6, 6.07) is 20.4. The number of hydrogen-bond acceptors (Lipinski definition) is 2. The minimum atomic E-state index is -0.221. The van der Waals surface area contributed by atoms with E-state index in [0.29, 0.717) is 5.92 Å². The van der Waals surface area contributed by atoms with Gasteiger partial charge in [-0.15, -0.1) is 12.6 Å². The van der Waals surface area contributed by atoms with Gasteiger partial charge in [-0.2, -0.15) is 0 Å². The van der Waals surface area contributed by atoms with E-state index >= 15 is 0 Å². The maximum absolute atomic E-state index is 12.0. The van der Waals surface area contributed by atoms with E-state index in [-0.39, 0.29) is 11.2 Å². The third-order valence-corrected chi connectivity index (χ3v) is 4.76. The van der Waals surface area contributed by atoms with Crippen LogP contribution in [0, 0.1) is 0 Å². The van der Waals surface area contributed by atoms with Crippen molar-refractivity contribution >= 4 is 17.7 Å². The average molecular weight is 311 g/mol. The normalized spacial score (nSPS) is 18.0. The zero-order valence-corrected chi connectivity index (χ0v) is 13.5. The Hall–Kier alpha value is -1.58. The first-order chi connectivity index (χ1) is 10.8. The van der Waals surface area contributed by atoms with Gasteiger partial charge in [0.25, 0.3) is 0 Å². The summed E-state index contributed by atoms with van der Waals surface area (Å²) in [5, 5.41) is -0.0654. The van der Waals surface area contributed by atoms with Gasteiger partial charge in [0.05, 0.1) is 0 Å². The van der Waals surface area contributed by atoms with Crippen molar-refractivity contribution in [3.05, 3.63) is 71.8 Å². The summed E-state index contributed by atoms with van der Waals surface area (Å²) in [5.41, 5.74) is 2.45. The molecule has 0 radical (unpaired) electrons. The number of carbonyl (C=O) groups excluding carboxylic acids is 1. The molecule has 1 saturated heterocycles. The summed E-state index contributed by atoms with van der Waals surface area (Å²) in [7, 11) is 0. The van der Waals surface area contributed by atoms with Crippen molar-refractivity contribution in [2.75, 3.05) is 13.1 Å². The molecule has 0 aliphatic carbocycles. The number of likely N-dealkylation sites (tertiary alicyclic amines) is 1. The molecule has 0 bridgehead atoms. The van der Waals surface area contributed by atoms with E-state index in [4.69, 9.17) is 0 Å². The Bertz CT molecular complexity index is 606. The summed E-state index contributed by atoms with van der Waals surface area (Å²) < 4.78 is 0. The molecule has 0 amide bonds. The molecule has 22 heavy (non-hydrogen) atoms. The van der Waals surface area contributed by atoms with Crippen LogP contribution in [0.4, 0.5) is 0 Å². The minimum Gasteiger partial charge on any atom is -0.289 e. The minimum absolute atomic E-state index is 0.0654. The molecule has 0 spiro atoms. The average Bonchev–Trinajstić information content (AvgIpc) is 2.57. The number of benzene rings is 2. The van der Waals surface area contributed by atoms with Crippen LogP contribution in [0.15, 0.2) is 60.7 Å². The van der Waals surface area contributed by atoms with E-state index in [0.717, 1.165) is 31.5 Å². The van der Waals surface area contributed by atoms with Crippen molar-refractivity contribution in [3.63, 3.8) is 0 Å². The molecule has 0 N–H and O–H groups in total. The van der Waals surface area contributed by atoms with E-state index < -0.39 is 0 Å². The number of thiol groups is 1. The van der Waals surface area contributed by atoms with Crippen LogP contribution < -0.4 is 0 Å². The van der Waals surface area contributed by atoms with Gasteiger partial charge in [0.15, 0.2) is 0 Å². The van der Waals surface area contributed by atoms with Crippen LogP contribution in [0.2, 0.25) is 0 Å². The van der Waals surface area contributed by atoms with Gasteiger partial charge in [-0.05, 0) is 43.0 Å². The molecule has 1 fully saturated rings. The summed E-state index contributed by atoms with van der Waals surface area (Å²) in [6.45, 7) is 1.87. The first-order valence-corrected chi connectivity index (χ1v) is 8.27. The van der Waals surface area contributed by atoms with E-state index in [1.807, 2.05) is 30.3 Å². The molecular formula is C19H21NOS. The molecule has 0 saturated carbocycles. The molecule has 1 atom stereocenters. The molecule has 0 aromatic heterocycles. The molecular weight excluding hydrogens is 290 g/mol. The van der Waals surface area contributed by atoms with Crippen molar-refractivity contribution in [1.29, 1.82) is 0 Å². The Morgan fingerprint density at radius 2 is 1.50 bits per heavy atom. The fourth-order valence-electron chi connectivity index (χ4n) is 3.36. The summed E-state index contributed by atoms with van der Waals surface area (Å²) in [6.07, 6.45) is 2.18. The molecule has 0 unspecified atom stereocenters.